The van der Waals surface area contributed by atoms with Gasteiger partial charge < -0.3 is 5.32 Å². The predicted molar refractivity (Wildman–Crippen MR) is 87.6 cm³/mol. The van der Waals surface area contributed by atoms with E-state index in [1.165, 1.54) is 4.88 Å². The zero-order valence-corrected chi connectivity index (χ0v) is 13.4. The van der Waals surface area contributed by atoms with Crippen LogP contribution < -0.4 is 5.32 Å². The van der Waals surface area contributed by atoms with Gasteiger partial charge in [0.1, 0.15) is 0 Å². The molecule has 5 heteroatoms. The maximum absolute atomic E-state index is 4.25. The van der Waals surface area contributed by atoms with E-state index in [1.807, 2.05) is 29.1 Å². The minimum atomic E-state index is 0.277. The highest BCUT2D eigenvalue weighted by Gasteiger charge is 2.08. The summed E-state index contributed by atoms with van der Waals surface area (Å²) in [5.41, 5.74) is 2.15. The molecule has 1 aromatic carbocycles. The zero-order chi connectivity index (χ0) is 13.9. The van der Waals surface area contributed by atoms with E-state index in [-0.39, 0.29) is 6.04 Å². The molecule has 3 aromatic rings. The number of benzene rings is 1. The van der Waals surface area contributed by atoms with Gasteiger partial charge in [-0.05, 0) is 59.3 Å². The van der Waals surface area contributed by atoms with Crippen LogP contribution in [0, 0.1) is 0 Å². The van der Waals surface area contributed by atoms with E-state index in [0.717, 1.165) is 15.2 Å². The molecule has 0 aliphatic heterocycles. The highest BCUT2D eigenvalue weighted by molar-refractivity contribution is 9.11. The van der Waals surface area contributed by atoms with E-state index < -0.39 is 0 Å². The standard InChI is InChI=1S/C15H14BrN3S/c1-11(14-6-7-15(16)20-14)18-12-4-2-5-13(10-12)19-9-3-8-17-19/h2-11,18H,1H3. The van der Waals surface area contributed by atoms with Crippen molar-refractivity contribution in [2.24, 2.45) is 0 Å². The molecule has 0 fully saturated rings. The Kier molecular flexibility index (Phi) is 3.89. The average Bonchev–Trinajstić information content (AvgIpc) is 3.10. The van der Waals surface area contributed by atoms with Gasteiger partial charge in [0.25, 0.3) is 0 Å². The van der Waals surface area contributed by atoms with Crippen molar-refractivity contribution in [3.8, 4) is 5.69 Å². The first kappa shape index (κ1) is 13.4. The van der Waals surface area contributed by atoms with E-state index in [4.69, 9.17) is 0 Å². The number of nitrogens with zero attached hydrogens (tertiary/aromatic N) is 2. The molecule has 0 amide bonds. The lowest BCUT2D eigenvalue weighted by Gasteiger charge is -2.14. The Morgan fingerprint density at radius 2 is 2.15 bits per heavy atom. The number of hydrogen-bond donors (Lipinski definition) is 1. The van der Waals surface area contributed by atoms with Gasteiger partial charge in [0, 0.05) is 23.0 Å². The molecular formula is C15H14BrN3S. The van der Waals surface area contributed by atoms with Crippen molar-refractivity contribution < 1.29 is 0 Å². The molecule has 1 N–H and O–H groups in total. The van der Waals surface area contributed by atoms with Crippen molar-refractivity contribution in [2.45, 2.75) is 13.0 Å². The number of aromatic nitrogens is 2. The van der Waals surface area contributed by atoms with Crippen LogP contribution in [0.2, 0.25) is 0 Å². The first-order valence-electron chi connectivity index (χ1n) is 6.34. The fraction of sp³-hybridized carbons (Fsp3) is 0.133. The Hall–Kier alpha value is -1.59. The maximum Gasteiger partial charge on any atom is 0.0702 e. The summed E-state index contributed by atoms with van der Waals surface area (Å²) in [6.45, 7) is 2.17. The van der Waals surface area contributed by atoms with E-state index in [9.17, 15) is 0 Å². The van der Waals surface area contributed by atoms with Crippen molar-refractivity contribution >= 4 is 33.0 Å². The minimum Gasteiger partial charge on any atom is -0.378 e. The Balaban J connectivity index is 1.79. The van der Waals surface area contributed by atoms with Gasteiger partial charge in [0.2, 0.25) is 0 Å². The van der Waals surface area contributed by atoms with Crippen LogP contribution in [0.1, 0.15) is 17.8 Å². The van der Waals surface area contributed by atoms with Gasteiger partial charge in [-0.15, -0.1) is 11.3 Å². The number of anilines is 1. The molecule has 102 valence electrons. The van der Waals surface area contributed by atoms with Crippen LogP contribution >= 0.6 is 27.3 Å². The van der Waals surface area contributed by atoms with Gasteiger partial charge in [-0.2, -0.15) is 5.10 Å². The van der Waals surface area contributed by atoms with Crippen molar-refractivity contribution in [3.05, 3.63) is 63.5 Å². The summed E-state index contributed by atoms with van der Waals surface area (Å²) in [6, 6.07) is 14.7. The Bertz CT molecular complexity index is 691. The van der Waals surface area contributed by atoms with E-state index in [0.29, 0.717) is 0 Å². The molecule has 0 aliphatic carbocycles. The zero-order valence-electron chi connectivity index (χ0n) is 11.0. The third kappa shape index (κ3) is 2.94. The lowest BCUT2D eigenvalue weighted by Crippen LogP contribution is -2.05. The smallest absolute Gasteiger partial charge is 0.0702 e. The van der Waals surface area contributed by atoms with Crippen LogP contribution in [-0.4, -0.2) is 9.78 Å². The first-order chi connectivity index (χ1) is 9.72. The summed E-state index contributed by atoms with van der Waals surface area (Å²) in [4.78, 5) is 1.31. The van der Waals surface area contributed by atoms with Crippen LogP contribution in [0.4, 0.5) is 5.69 Å². The molecule has 0 saturated carbocycles. The van der Waals surface area contributed by atoms with Crippen LogP contribution in [0.5, 0.6) is 0 Å². The summed E-state index contributed by atoms with van der Waals surface area (Å²) in [5, 5.41) is 7.78. The summed E-state index contributed by atoms with van der Waals surface area (Å²) >= 11 is 5.26. The highest BCUT2D eigenvalue weighted by atomic mass is 79.9. The Labute approximate surface area is 130 Å². The Morgan fingerprint density at radius 3 is 2.85 bits per heavy atom. The molecular weight excluding hydrogens is 334 g/mol. The monoisotopic (exact) mass is 347 g/mol. The molecule has 0 bridgehead atoms. The summed E-state index contributed by atoms with van der Waals surface area (Å²) in [7, 11) is 0. The molecule has 1 atom stereocenters. The predicted octanol–water partition coefficient (Wildman–Crippen LogP) is 4.87. The number of nitrogens with one attached hydrogen (secondary N) is 1. The van der Waals surface area contributed by atoms with Crippen LogP contribution in [0.15, 0.2) is 58.6 Å². The second-order valence-corrected chi connectivity index (χ2v) is 7.00. The van der Waals surface area contributed by atoms with Crippen molar-refractivity contribution in [2.75, 3.05) is 5.32 Å². The number of rotatable bonds is 4. The normalized spacial score (nSPS) is 12.3. The Morgan fingerprint density at radius 1 is 1.25 bits per heavy atom. The summed E-state index contributed by atoms with van der Waals surface area (Å²) in [6.07, 6.45) is 3.73. The van der Waals surface area contributed by atoms with Gasteiger partial charge in [0.15, 0.2) is 0 Å². The molecule has 20 heavy (non-hydrogen) atoms. The van der Waals surface area contributed by atoms with Crippen molar-refractivity contribution in [1.29, 1.82) is 0 Å². The molecule has 1 unspecified atom stereocenters. The van der Waals surface area contributed by atoms with Gasteiger partial charge in [-0.1, -0.05) is 6.07 Å². The van der Waals surface area contributed by atoms with Crippen molar-refractivity contribution in [1.82, 2.24) is 9.78 Å². The molecule has 2 heterocycles. The van der Waals surface area contributed by atoms with Gasteiger partial charge in [0.05, 0.1) is 15.5 Å². The van der Waals surface area contributed by atoms with Crippen LogP contribution in [0.3, 0.4) is 0 Å². The molecule has 3 nitrogen and oxygen atoms in total. The van der Waals surface area contributed by atoms with Gasteiger partial charge in [-0.3, -0.25) is 0 Å². The van der Waals surface area contributed by atoms with E-state index >= 15 is 0 Å². The molecule has 3 rings (SSSR count). The quantitative estimate of drug-likeness (QED) is 0.729. The third-order valence-electron chi connectivity index (χ3n) is 3.02. The SMILES string of the molecule is CC(Nc1cccc(-n2cccn2)c1)c1ccc(Br)s1. The number of hydrogen-bond acceptors (Lipinski definition) is 3. The van der Waals surface area contributed by atoms with Gasteiger partial charge in [-0.25, -0.2) is 4.68 Å². The van der Waals surface area contributed by atoms with Crippen LogP contribution in [0.25, 0.3) is 5.69 Å². The summed E-state index contributed by atoms with van der Waals surface area (Å²) in [5.74, 6) is 0. The molecule has 0 radical (unpaired) electrons. The third-order valence-corrected chi connectivity index (χ3v) is 4.83. The van der Waals surface area contributed by atoms with E-state index in [1.54, 1.807) is 17.5 Å². The van der Waals surface area contributed by atoms with Gasteiger partial charge >= 0.3 is 0 Å². The minimum absolute atomic E-state index is 0.277. The second kappa shape index (κ2) is 5.81. The fourth-order valence-electron chi connectivity index (χ4n) is 2.04. The van der Waals surface area contributed by atoms with Crippen molar-refractivity contribution in [3.63, 3.8) is 0 Å². The number of halogens is 1. The number of thiophene rings is 1. The van der Waals surface area contributed by atoms with Crippen LogP contribution in [-0.2, 0) is 0 Å². The second-order valence-electron chi connectivity index (χ2n) is 4.51. The molecule has 2 aromatic heterocycles. The summed E-state index contributed by atoms with van der Waals surface area (Å²) < 4.78 is 3.02. The molecule has 0 spiro atoms. The lowest BCUT2D eigenvalue weighted by atomic mass is 10.2. The molecule has 0 aliphatic rings. The maximum atomic E-state index is 4.25. The largest absolute Gasteiger partial charge is 0.378 e. The lowest BCUT2D eigenvalue weighted by molar-refractivity contribution is 0.875. The topological polar surface area (TPSA) is 29.9 Å². The molecule has 0 saturated heterocycles. The van der Waals surface area contributed by atoms with E-state index in [2.05, 4.69) is 57.5 Å². The average molecular weight is 348 g/mol. The first-order valence-corrected chi connectivity index (χ1v) is 7.95. The fourth-order valence-corrected chi connectivity index (χ4v) is 3.47. The highest BCUT2D eigenvalue weighted by Crippen LogP contribution is 2.29.